The summed E-state index contributed by atoms with van der Waals surface area (Å²) in [6.07, 6.45) is 7.46. The number of carbonyl (C=O) groups is 1. The Kier molecular flexibility index (Phi) is 5.88. The van der Waals surface area contributed by atoms with Gasteiger partial charge in [0.15, 0.2) is 0 Å². The van der Waals surface area contributed by atoms with Crippen molar-refractivity contribution in [1.82, 2.24) is 4.90 Å². The number of ether oxygens (including phenoxy) is 1. The first-order chi connectivity index (χ1) is 15.9. The maximum atomic E-state index is 12.3. The van der Waals surface area contributed by atoms with Gasteiger partial charge in [0.05, 0.1) is 5.56 Å². The van der Waals surface area contributed by atoms with Gasteiger partial charge in [0.1, 0.15) is 5.60 Å². The van der Waals surface area contributed by atoms with Gasteiger partial charge in [-0.3, -0.25) is 4.90 Å². The first kappa shape index (κ1) is 24.2. The molecule has 4 fully saturated rings. The first-order valence-corrected chi connectivity index (χ1v) is 13.4. The van der Waals surface area contributed by atoms with Crippen molar-refractivity contribution in [3.63, 3.8) is 0 Å². The molecule has 2 bridgehead atoms. The Morgan fingerprint density at radius 1 is 1.03 bits per heavy atom. The van der Waals surface area contributed by atoms with E-state index < -0.39 is 5.60 Å². The molecule has 1 heterocycles. The minimum atomic E-state index is -0.473. The number of halogens is 1. The molecule has 0 spiro atoms. The molecule has 0 atom stereocenters. The molecule has 4 nitrogen and oxygen atoms in total. The lowest BCUT2D eigenvalue weighted by Gasteiger charge is -2.70. The molecule has 0 N–H and O–H groups in total. The van der Waals surface area contributed by atoms with Gasteiger partial charge < -0.3 is 9.64 Å². The summed E-state index contributed by atoms with van der Waals surface area (Å²) in [5, 5.41) is 0. The Morgan fingerprint density at radius 2 is 1.65 bits per heavy atom. The molecule has 5 aliphatic rings. The van der Waals surface area contributed by atoms with E-state index in [4.69, 9.17) is 16.3 Å². The van der Waals surface area contributed by atoms with Gasteiger partial charge in [0.2, 0.25) is 0 Å². The molecule has 186 valence electrons. The van der Waals surface area contributed by atoms with Gasteiger partial charge >= 0.3 is 5.97 Å². The van der Waals surface area contributed by atoms with Crippen molar-refractivity contribution in [3.8, 4) is 0 Å². The van der Waals surface area contributed by atoms with Crippen LogP contribution in [0.2, 0.25) is 0 Å². The lowest BCUT2D eigenvalue weighted by Crippen LogP contribution is -2.65. The zero-order chi connectivity index (χ0) is 24.4. The van der Waals surface area contributed by atoms with Crippen molar-refractivity contribution in [2.75, 3.05) is 37.6 Å². The molecule has 1 saturated heterocycles. The highest BCUT2D eigenvalue weighted by Crippen LogP contribution is 2.75. The Morgan fingerprint density at radius 3 is 2.21 bits per heavy atom. The molecule has 0 amide bonds. The van der Waals surface area contributed by atoms with Crippen LogP contribution in [0.15, 0.2) is 35.4 Å². The molecule has 1 aliphatic heterocycles. The highest BCUT2D eigenvalue weighted by molar-refractivity contribution is 6.26. The van der Waals surface area contributed by atoms with Gasteiger partial charge in [-0.2, -0.15) is 0 Å². The summed E-state index contributed by atoms with van der Waals surface area (Å²) in [6, 6.07) is 7.90. The summed E-state index contributed by atoms with van der Waals surface area (Å²) in [5.74, 6) is -0.257. The Hall–Kier alpha value is -1.52. The van der Waals surface area contributed by atoms with Gasteiger partial charge in [-0.05, 0) is 94.4 Å². The van der Waals surface area contributed by atoms with Crippen LogP contribution in [0, 0.1) is 10.8 Å². The number of allylic oxidation sites excluding steroid dienone is 1. The van der Waals surface area contributed by atoms with Crippen LogP contribution in [0.3, 0.4) is 0 Å². The second kappa shape index (κ2) is 8.27. The molecule has 6 rings (SSSR count). The molecule has 0 radical (unpaired) electrons. The van der Waals surface area contributed by atoms with Gasteiger partial charge in [0.25, 0.3) is 0 Å². The SMILES string of the molecule is CC1(C)CCC(CN2CCN(c3ccc(C(=O)OC(C)(C)C)cc3)CC2)=C(C23CC(Cl)(C2)C3)C1. The van der Waals surface area contributed by atoms with Gasteiger partial charge in [-0.25, -0.2) is 4.79 Å². The molecule has 0 aromatic heterocycles. The highest BCUT2D eigenvalue weighted by atomic mass is 35.5. The first-order valence-electron chi connectivity index (χ1n) is 13.1. The molecule has 0 unspecified atom stereocenters. The number of rotatable bonds is 5. The summed E-state index contributed by atoms with van der Waals surface area (Å²) >= 11 is 6.66. The predicted octanol–water partition coefficient (Wildman–Crippen LogP) is 6.43. The topological polar surface area (TPSA) is 32.8 Å². The Balaban J connectivity index is 1.19. The fourth-order valence-electron chi connectivity index (χ4n) is 6.63. The highest BCUT2D eigenvalue weighted by Gasteiger charge is 2.69. The third-order valence-corrected chi connectivity index (χ3v) is 8.85. The number of anilines is 1. The Bertz CT molecular complexity index is 961. The number of hydrogen-bond acceptors (Lipinski definition) is 4. The second-order valence-electron chi connectivity index (χ2n) is 13.2. The normalized spacial score (nSPS) is 31.1. The number of nitrogens with zero attached hydrogens (tertiary/aromatic N) is 2. The monoisotopic (exact) mass is 484 g/mol. The molecule has 3 saturated carbocycles. The van der Waals surface area contributed by atoms with Crippen LogP contribution in [0.4, 0.5) is 5.69 Å². The van der Waals surface area contributed by atoms with Crippen molar-refractivity contribution in [3.05, 3.63) is 41.0 Å². The van der Waals surface area contributed by atoms with E-state index in [1.807, 2.05) is 32.9 Å². The zero-order valence-electron chi connectivity index (χ0n) is 21.7. The lowest BCUT2D eigenvalue weighted by molar-refractivity contribution is -0.0535. The van der Waals surface area contributed by atoms with Gasteiger partial charge in [-0.15, -0.1) is 11.6 Å². The summed E-state index contributed by atoms with van der Waals surface area (Å²) in [6.45, 7) is 15.9. The van der Waals surface area contributed by atoms with Crippen LogP contribution in [0.1, 0.15) is 83.5 Å². The summed E-state index contributed by atoms with van der Waals surface area (Å²) in [5.41, 5.74) is 5.72. The predicted molar refractivity (Wildman–Crippen MR) is 140 cm³/mol. The molecular weight excluding hydrogens is 444 g/mol. The standard InChI is InChI=1S/C29H41ClN2O2/c1-26(2,3)34-25(33)21-6-8-23(9-7-21)32-14-12-31(13-15-32)17-22-10-11-27(4,5)16-24(22)28-18-29(30,19-28)20-28/h6-9H,10-20H2,1-5H3. The van der Waals surface area contributed by atoms with Crippen LogP contribution in [-0.4, -0.2) is 54.1 Å². The third kappa shape index (κ3) is 4.78. The number of esters is 1. The van der Waals surface area contributed by atoms with E-state index in [0.717, 1.165) is 32.7 Å². The molecule has 5 heteroatoms. The maximum absolute atomic E-state index is 12.3. The number of hydrogen-bond donors (Lipinski definition) is 0. The molecule has 1 aromatic carbocycles. The number of carbonyl (C=O) groups excluding carboxylic acids is 1. The van der Waals surface area contributed by atoms with E-state index in [2.05, 4.69) is 35.8 Å². The number of piperazine rings is 1. The maximum Gasteiger partial charge on any atom is 0.338 e. The molecule has 34 heavy (non-hydrogen) atoms. The average Bonchev–Trinajstić information content (AvgIpc) is 2.71. The van der Waals surface area contributed by atoms with E-state index in [9.17, 15) is 4.79 Å². The largest absolute Gasteiger partial charge is 0.456 e. The van der Waals surface area contributed by atoms with E-state index >= 15 is 0 Å². The van der Waals surface area contributed by atoms with Crippen molar-refractivity contribution in [2.45, 2.75) is 83.6 Å². The minimum absolute atomic E-state index is 0.143. The average molecular weight is 485 g/mol. The van der Waals surface area contributed by atoms with E-state index in [1.165, 1.54) is 44.2 Å². The van der Waals surface area contributed by atoms with E-state index in [-0.39, 0.29) is 10.8 Å². The lowest BCUT2D eigenvalue weighted by atomic mass is 9.39. The van der Waals surface area contributed by atoms with Crippen LogP contribution in [-0.2, 0) is 4.74 Å². The number of benzene rings is 1. The van der Waals surface area contributed by atoms with Crippen LogP contribution < -0.4 is 4.90 Å². The van der Waals surface area contributed by atoms with Gasteiger partial charge in [-0.1, -0.05) is 25.0 Å². The van der Waals surface area contributed by atoms with Crippen molar-refractivity contribution < 1.29 is 9.53 Å². The fourth-order valence-corrected chi connectivity index (χ4v) is 7.40. The quantitative estimate of drug-likeness (QED) is 0.274. The summed E-state index contributed by atoms with van der Waals surface area (Å²) < 4.78 is 5.49. The van der Waals surface area contributed by atoms with Crippen LogP contribution >= 0.6 is 11.6 Å². The minimum Gasteiger partial charge on any atom is -0.456 e. The Labute approximate surface area is 210 Å². The second-order valence-corrected chi connectivity index (χ2v) is 14.0. The molecular formula is C29H41ClN2O2. The third-order valence-electron chi connectivity index (χ3n) is 8.45. The van der Waals surface area contributed by atoms with Crippen molar-refractivity contribution >= 4 is 23.3 Å². The smallest absolute Gasteiger partial charge is 0.338 e. The molecule has 1 aromatic rings. The van der Waals surface area contributed by atoms with E-state index in [0.29, 0.717) is 16.4 Å². The van der Waals surface area contributed by atoms with Gasteiger partial charge in [0, 0.05) is 43.3 Å². The van der Waals surface area contributed by atoms with Crippen LogP contribution in [0.5, 0.6) is 0 Å². The van der Waals surface area contributed by atoms with Crippen molar-refractivity contribution in [2.24, 2.45) is 10.8 Å². The zero-order valence-corrected chi connectivity index (χ0v) is 22.4. The fraction of sp³-hybridized carbons (Fsp3) is 0.690. The number of alkyl halides is 1. The van der Waals surface area contributed by atoms with Crippen molar-refractivity contribution in [1.29, 1.82) is 0 Å². The van der Waals surface area contributed by atoms with Crippen LogP contribution in [0.25, 0.3) is 0 Å². The molecule has 4 aliphatic carbocycles. The summed E-state index contributed by atoms with van der Waals surface area (Å²) in [4.78, 5) is 17.5. The summed E-state index contributed by atoms with van der Waals surface area (Å²) in [7, 11) is 0. The van der Waals surface area contributed by atoms with E-state index in [1.54, 1.807) is 11.1 Å².